The molecule has 126 valence electrons. The second-order valence-corrected chi connectivity index (χ2v) is 6.62. The van der Waals surface area contributed by atoms with E-state index in [1.807, 2.05) is 37.4 Å². The zero-order valence-corrected chi connectivity index (χ0v) is 14.4. The predicted molar refractivity (Wildman–Crippen MR) is 100 cm³/mol. The van der Waals surface area contributed by atoms with Crippen molar-refractivity contribution in [2.24, 2.45) is 5.92 Å². The molecule has 1 atom stereocenters. The van der Waals surface area contributed by atoms with Gasteiger partial charge in [0.1, 0.15) is 0 Å². The van der Waals surface area contributed by atoms with Gasteiger partial charge in [0.25, 0.3) is 0 Å². The number of anilines is 1. The van der Waals surface area contributed by atoms with Crippen LogP contribution in [0.3, 0.4) is 0 Å². The van der Waals surface area contributed by atoms with Gasteiger partial charge in [-0.15, -0.1) is 0 Å². The molecule has 0 aliphatic carbocycles. The Morgan fingerprint density at radius 3 is 2.46 bits per heavy atom. The number of nitrogens with zero attached hydrogens (tertiary/aromatic N) is 1. The van der Waals surface area contributed by atoms with Gasteiger partial charge in [-0.25, -0.2) is 0 Å². The number of hydrogen-bond acceptors (Lipinski definition) is 2. The zero-order valence-electron chi connectivity index (χ0n) is 14.4. The standard InChI is InChI=1S/C21H26N2O/c1-23(21(24)16-17-6-5-14-22-15-13-17)20-11-9-19(10-12-20)18-7-3-2-4-8-18/h2-4,7-12,17,22H,5-6,13-16H2,1H3. The van der Waals surface area contributed by atoms with E-state index < -0.39 is 0 Å². The van der Waals surface area contributed by atoms with Crippen molar-refractivity contribution < 1.29 is 4.79 Å². The number of benzene rings is 2. The number of nitrogens with one attached hydrogen (secondary N) is 1. The van der Waals surface area contributed by atoms with E-state index in [-0.39, 0.29) is 5.91 Å². The molecule has 0 bridgehead atoms. The molecule has 1 amide bonds. The molecule has 3 nitrogen and oxygen atoms in total. The van der Waals surface area contributed by atoms with E-state index >= 15 is 0 Å². The van der Waals surface area contributed by atoms with Crippen LogP contribution in [0.5, 0.6) is 0 Å². The number of rotatable bonds is 4. The van der Waals surface area contributed by atoms with Crippen molar-refractivity contribution in [2.75, 3.05) is 25.0 Å². The molecule has 3 rings (SSSR count). The van der Waals surface area contributed by atoms with E-state index in [1.165, 1.54) is 17.5 Å². The van der Waals surface area contributed by atoms with Crippen molar-refractivity contribution in [1.29, 1.82) is 0 Å². The van der Waals surface area contributed by atoms with Crippen LogP contribution in [0.25, 0.3) is 11.1 Å². The maximum atomic E-state index is 12.6. The highest BCUT2D eigenvalue weighted by Gasteiger charge is 2.19. The Morgan fingerprint density at radius 1 is 1.00 bits per heavy atom. The number of carbonyl (C=O) groups is 1. The van der Waals surface area contributed by atoms with Crippen LogP contribution in [0.2, 0.25) is 0 Å². The lowest BCUT2D eigenvalue weighted by Crippen LogP contribution is -2.28. The van der Waals surface area contributed by atoms with Crippen molar-refractivity contribution >= 4 is 11.6 Å². The van der Waals surface area contributed by atoms with Gasteiger partial charge < -0.3 is 10.2 Å². The minimum atomic E-state index is 0.217. The molecule has 1 unspecified atom stereocenters. The first-order chi connectivity index (χ1) is 11.7. The number of amides is 1. The van der Waals surface area contributed by atoms with Crippen LogP contribution in [-0.4, -0.2) is 26.0 Å². The van der Waals surface area contributed by atoms with Crippen LogP contribution >= 0.6 is 0 Å². The summed E-state index contributed by atoms with van der Waals surface area (Å²) in [5, 5.41) is 3.41. The molecule has 0 spiro atoms. The lowest BCUT2D eigenvalue weighted by Gasteiger charge is -2.21. The highest BCUT2D eigenvalue weighted by atomic mass is 16.2. The van der Waals surface area contributed by atoms with Crippen molar-refractivity contribution in [3.05, 3.63) is 54.6 Å². The first kappa shape index (κ1) is 16.7. The van der Waals surface area contributed by atoms with Crippen molar-refractivity contribution in [3.63, 3.8) is 0 Å². The lowest BCUT2D eigenvalue weighted by atomic mass is 9.96. The van der Waals surface area contributed by atoms with Crippen LogP contribution in [0, 0.1) is 5.92 Å². The largest absolute Gasteiger partial charge is 0.317 e. The molecule has 1 aliphatic rings. The molecule has 24 heavy (non-hydrogen) atoms. The van der Waals surface area contributed by atoms with E-state index in [9.17, 15) is 4.79 Å². The first-order valence-corrected chi connectivity index (χ1v) is 8.87. The van der Waals surface area contributed by atoms with Gasteiger partial charge in [0, 0.05) is 19.2 Å². The smallest absolute Gasteiger partial charge is 0.226 e. The third-order valence-electron chi connectivity index (χ3n) is 4.89. The summed E-state index contributed by atoms with van der Waals surface area (Å²) in [6, 6.07) is 18.6. The van der Waals surface area contributed by atoms with E-state index in [4.69, 9.17) is 0 Å². The third-order valence-corrected chi connectivity index (χ3v) is 4.89. The first-order valence-electron chi connectivity index (χ1n) is 8.87. The summed E-state index contributed by atoms with van der Waals surface area (Å²) in [7, 11) is 1.88. The Kier molecular flexibility index (Phi) is 5.65. The molecule has 1 heterocycles. The second-order valence-electron chi connectivity index (χ2n) is 6.62. The maximum Gasteiger partial charge on any atom is 0.226 e. The SMILES string of the molecule is CN(C(=O)CC1CCCNCC1)c1ccc(-c2ccccc2)cc1. The van der Waals surface area contributed by atoms with Crippen LogP contribution in [0.1, 0.15) is 25.7 Å². The van der Waals surface area contributed by atoms with Gasteiger partial charge >= 0.3 is 0 Å². The molecule has 0 radical (unpaired) electrons. The third kappa shape index (κ3) is 4.24. The summed E-state index contributed by atoms with van der Waals surface area (Å²) >= 11 is 0. The molecule has 3 heteroatoms. The predicted octanol–water partition coefficient (Wildman–Crippen LogP) is 4.10. The van der Waals surface area contributed by atoms with E-state index in [0.29, 0.717) is 12.3 Å². The normalized spacial score (nSPS) is 18.0. The maximum absolute atomic E-state index is 12.6. The van der Waals surface area contributed by atoms with Gasteiger partial charge in [-0.3, -0.25) is 4.79 Å². The Hall–Kier alpha value is -2.13. The monoisotopic (exact) mass is 322 g/mol. The van der Waals surface area contributed by atoms with Gasteiger partial charge in [-0.2, -0.15) is 0 Å². The van der Waals surface area contributed by atoms with E-state index in [0.717, 1.165) is 31.6 Å². The fourth-order valence-electron chi connectivity index (χ4n) is 3.33. The zero-order chi connectivity index (χ0) is 16.8. The Balaban J connectivity index is 1.63. The molecular weight excluding hydrogens is 296 g/mol. The minimum absolute atomic E-state index is 0.217. The molecule has 0 aromatic heterocycles. The van der Waals surface area contributed by atoms with Crippen LogP contribution in [0.15, 0.2) is 54.6 Å². The lowest BCUT2D eigenvalue weighted by molar-refractivity contribution is -0.119. The molecular formula is C21H26N2O. The number of carbonyl (C=O) groups excluding carboxylic acids is 1. The highest BCUT2D eigenvalue weighted by molar-refractivity contribution is 5.93. The fraction of sp³-hybridized carbons (Fsp3) is 0.381. The average molecular weight is 322 g/mol. The van der Waals surface area contributed by atoms with Crippen molar-refractivity contribution in [1.82, 2.24) is 5.32 Å². The molecule has 0 saturated carbocycles. The number of hydrogen-bond donors (Lipinski definition) is 1. The molecule has 1 fully saturated rings. The quantitative estimate of drug-likeness (QED) is 0.919. The summed E-state index contributed by atoms with van der Waals surface area (Å²) < 4.78 is 0. The molecule has 2 aromatic carbocycles. The van der Waals surface area contributed by atoms with Crippen molar-refractivity contribution in [2.45, 2.75) is 25.7 Å². The summed E-state index contributed by atoms with van der Waals surface area (Å²) in [6.07, 6.45) is 4.08. The highest BCUT2D eigenvalue weighted by Crippen LogP contribution is 2.24. The Morgan fingerprint density at radius 2 is 1.71 bits per heavy atom. The topological polar surface area (TPSA) is 32.3 Å². The molecule has 1 aliphatic heterocycles. The van der Waals surface area contributed by atoms with Gasteiger partial charge in [-0.05, 0) is 61.5 Å². The molecule has 1 saturated heterocycles. The van der Waals surface area contributed by atoms with Crippen LogP contribution < -0.4 is 10.2 Å². The molecule has 2 aromatic rings. The summed E-state index contributed by atoms with van der Waals surface area (Å²) in [6.45, 7) is 2.12. The van der Waals surface area contributed by atoms with Crippen LogP contribution in [-0.2, 0) is 4.79 Å². The summed E-state index contributed by atoms with van der Waals surface area (Å²) in [4.78, 5) is 14.4. The fourth-order valence-corrected chi connectivity index (χ4v) is 3.33. The van der Waals surface area contributed by atoms with E-state index in [2.05, 4.69) is 29.6 Å². The Labute approximate surface area is 144 Å². The van der Waals surface area contributed by atoms with Crippen LogP contribution in [0.4, 0.5) is 5.69 Å². The van der Waals surface area contributed by atoms with Gasteiger partial charge in [0.15, 0.2) is 0 Å². The van der Waals surface area contributed by atoms with Crippen molar-refractivity contribution in [3.8, 4) is 11.1 Å². The second kappa shape index (κ2) is 8.11. The van der Waals surface area contributed by atoms with Gasteiger partial charge in [-0.1, -0.05) is 42.5 Å². The minimum Gasteiger partial charge on any atom is -0.317 e. The van der Waals surface area contributed by atoms with E-state index in [1.54, 1.807) is 4.90 Å². The summed E-state index contributed by atoms with van der Waals surface area (Å²) in [5.41, 5.74) is 3.34. The van der Waals surface area contributed by atoms with Gasteiger partial charge in [0.05, 0.1) is 0 Å². The summed E-state index contributed by atoms with van der Waals surface area (Å²) in [5.74, 6) is 0.730. The Bertz CT molecular complexity index is 643. The van der Waals surface area contributed by atoms with Gasteiger partial charge in [0.2, 0.25) is 5.91 Å². The molecule has 1 N–H and O–H groups in total. The average Bonchev–Trinajstić information content (AvgIpc) is 2.90.